The number of rotatable bonds is 5. The molecule has 1 atom stereocenters. The van der Waals surface area contributed by atoms with Crippen molar-refractivity contribution in [1.29, 1.82) is 0 Å². The van der Waals surface area contributed by atoms with Crippen molar-refractivity contribution in [1.82, 2.24) is 0 Å². The number of thioether (sulfide) groups is 1. The van der Waals surface area contributed by atoms with E-state index in [1.807, 2.05) is 0 Å². The summed E-state index contributed by atoms with van der Waals surface area (Å²) < 4.78 is 11.9. The number of halogens is 1. The van der Waals surface area contributed by atoms with E-state index in [0.29, 0.717) is 17.9 Å². The predicted molar refractivity (Wildman–Crippen MR) is 62.9 cm³/mol. The lowest BCUT2D eigenvalue weighted by Crippen LogP contribution is -2.30. The van der Waals surface area contributed by atoms with Gasteiger partial charge in [0.05, 0.1) is 0 Å². The van der Waals surface area contributed by atoms with E-state index in [1.165, 1.54) is 30.0 Å². The summed E-state index contributed by atoms with van der Waals surface area (Å²) in [6.45, 7) is 1.95. The van der Waals surface area contributed by atoms with Gasteiger partial charge in [-0.05, 0) is 24.6 Å². The van der Waals surface area contributed by atoms with Crippen LogP contribution in [-0.2, 0) is 9.54 Å². The maximum atomic E-state index is 13.1. The summed E-state index contributed by atoms with van der Waals surface area (Å²) >= 11 is 1.20. The molecule has 0 aliphatic heterocycles. The second kappa shape index (κ2) is 5.32. The van der Waals surface area contributed by atoms with Gasteiger partial charge in [0.15, 0.2) is 0 Å². The van der Waals surface area contributed by atoms with Crippen LogP contribution < -0.4 is 5.73 Å². The number of nitrogens with two attached hydrogens (primary N) is 1. The summed E-state index contributed by atoms with van der Waals surface area (Å²) in [6, 6.07) is 5.66. The van der Waals surface area contributed by atoms with Gasteiger partial charge in [-0.15, -0.1) is 11.8 Å². The number of aliphatic carboxylic acids is 1. The van der Waals surface area contributed by atoms with Crippen molar-refractivity contribution in [2.75, 3.05) is 12.3 Å². The van der Waals surface area contributed by atoms with Crippen LogP contribution in [0.3, 0.4) is 0 Å². The van der Waals surface area contributed by atoms with Crippen LogP contribution in [0.15, 0.2) is 24.3 Å². The minimum absolute atomic E-state index is 0.392. The Balaban J connectivity index is 3.06. The van der Waals surface area contributed by atoms with Gasteiger partial charge < -0.3 is 10.8 Å². The molecule has 0 aromatic heterocycles. The van der Waals surface area contributed by atoms with Crippen LogP contribution in [0, 0.1) is 5.82 Å². The minimum atomic E-state index is -1.15. The summed E-state index contributed by atoms with van der Waals surface area (Å²) in [5.74, 6) is -0.908. The fourth-order valence-corrected chi connectivity index (χ4v) is 2.26. The molecule has 0 aliphatic carbocycles. The molecule has 0 radical (unpaired) electrons. The fraction of sp³-hybridized carbons (Fsp3) is 0.364. The number of carboxylic acids is 1. The Morgan fingerprint density at radius 2 is 2.31 bits per heavy atom. The van der Waals surface area contributed by atoms with Crippen molar-refractivity contribution >= 4 is 17.7 Å². The molecule has 0 saturated heterocycles. The van der Waals surface area contributed by atoms with E-state index < -0.39 is 16.5 Å². The molecule has 1 aromatic carbocycles. The lowest BCUT2D eigenvalue weighted by atomic mass is 10.0. The first kappa shape index (κ1) is 13.0. The molecule has 0 amide bonds. The summed E-state index contributed by atoms with van der Waals surface area (Å²) in [4.78, 5) is 11.3. The van der Waals surface area contributed by atoms with E-state index >= 15 is 0 Å². The van der Waals surface area contributed by atoms with Crippen molar-refractivity contribution in [3.05, 3.63) is 35.6 Å². The molecule has 3 N–H and O–H groups in total. The third-order valence-electron chi connectivity index (χ3n) is 2.29. The second-order valence-corrected chi connectivity index (χ2v) is 5.00. The highest BCUT2D eigenvalue weighted by atomic mass is 32.2. The first-order valence-electron chi connectivity index (χ1n) is 4.84. The molecular formula is C11H14FNO2S. The average molecular weight is 243 g/mol. The maximum Gasteiger partial charge on any atom is 0.324 e. The molecule has 16 heavy (non-hydrogen) atoms. The van der Waals surface area contributed by atoms with Crippen LogP contribution in [0.5, 0.6) is 0 Å². The normalized spacial score (nSPS) is 14.4. The molecule has 5 heteroatoms. The van der Waals surface area contributed by atoms with Gasteiger partial charge in [0, 0.05) is 12.3 Å². The summed E-state index contributed by atoms with van der Waals surface area (Å²) in [5, 5.41) is 9.22. The molecular weight excluding hydrogens is 229 g/mol. The molecule has 1 unspecified atom stereocenters. The number of carbonyl (C=O) groups is 1. The number of benzene rings is 1. The van der Waals surface area contributed by atoms with Crippen LogP contribution in [0.4, 0.5) is 4.39 Å². The lowest BCUT2D eigenvalue weighted by Gasteiger charge is -2.24. The standard InChI is InChI=1S/C11H14FNO2S/c1-11(10(14)15,16-6-5-13)8-3-2-4-9(12)7-8/h2-4,7H,5-6,13H2,1H3,(H,14,15). The van der Waals surface area contributed by atoms with Crippen LogP contribution in [0.2, 0.25) is 0 Å². The van der Waals surface area contributed by atoms with Crippen LogP contribution in [-0.4, -0.2) is 23.4 Å². The first-order valence-corrected chi connectivity index (χ1v) is 5.82. The minimum Gasteiger partial charge on any atom is -0.480 e. The van der Waals surface area contributed by atoms with Crippen LogP contribution >= 0.6 is 11.8 Å². The Kier molecular flexibility index (Phi) is 4.32. The Labute approximate surface area is 97.8 Å². The molecule has 0 heterocycles. The van der Waals surface area contributed by atoms with Gasteiger partial charge in [-0.3, -0.25) is 4.79 Å². The maximum absolute atomic E-state index is 13.1. The smallest absolute Gasteiger partial charge is 0.324 e. The van der Waals surface area contributed by atoms with E-state index in [2.05, 4.69) is 0 Å². The van der Waals surface area contributed by atoms with E-state index in [0.717, 1.165) is 0 Å². The zero-order valence-electron chi connectivity index (χ0n) is 8.94. The van der Waals surface area contributed by atoms with Crippen molar-refractivity contribution in [3.63, 3.8) is 0 Å². The highest BCUT2D eigenvalue weighted by Crippen LogP contribution is 2.36. The third kappa shape index (κ3) is 2.74. The Morgan fingerprint density at radius 1 is 1.62 bits per heavy atom. The first-order chi connectivity index (χ1) is 7.50. The predicted octanol–water partition coefficient (Wildman–Crippen LogP) is 1.82. The van der Waals surface area contributed by atoms with Gasteiger partial charge in [-0.25, -0.2) is 4.39 Å². The van der Waals surface area contributed by atoms with E-state index in [4.69, 9.17) is 5.73 Å². The van der Waals surface area contributed by atoms with Crippen molar-refractivity contribution in [2.24, 2.45) is 5.73 Å². The van der Waals surface area contributed by atoms with Crippen molar-refractivity contribution < 1.29 is 14.3 Å². The molecule has 3 nitrogen and oxygen atoms in total. The number of hydrogen-bond acceptors (Lipinski definition) is 3. The highest BCUT2D eigenvalue weighted by molar-refractivity contribution is 8.00. The largest absolute Gasteiger partial charge is 0.480 e. The zero-order chi connectivity index (χ0) is 12.2. The molecule has 1 rings (SSSR count). The van der Waals surface area contributed by atoms with Gasteiger partial charge in [0.1, 0.15) is 10.6 Å². The summed E-state index contributed by atoms with van der Waals surface area (Å²) in [7, 11) is 0. The fourth-order valence-electron chi connectivity index (χ4n) is 1.32. The molecule has 1 aromatic rings. The van der Waals surface area contributed by atoms with Crippen molar-refractivity contribution in [3.8, 4) is 0 Å². The lowest BCUT2D eigenvalue weighted by molar-refractivity contribution is -0.139. The molecule has 0 bridgehead atoms. The third-order valence-corrected chi connectivity index (χ3v) is 3.72. The highest BCUT2D eigenvalue weighted by Gasteiger charge is 2.35. The molecule has 0 fully saturated rings. The van der Waals surface area contributed by atoms with Gasteiger partial charge in [0.2, 0.25) is 0 Å². The van der Waals surface area contributed by atoms with Crippen LogP contribution in [0.1, 0.15) is 12.5 Å². The van der Waals surface area contributed by atoms with E-state index in [1.54, 1.807) is 13.0 Å². The van der Waals surface area contributed by atoms with Gasteiger partial charge >= 0.3 is 5.97 Å². The van der Waals surface area contributed by atoms with E-state index in [9.17, 15) is 14.3 Å². The SMILES string of the molecule is CC(SCCN)(C(=O)O)c1cccc(F)c1. The molecule has 0 spiro atoms. The number of carboxylic acid groups (broad SMARTS) is 1. The van der Waals surface area contributed by atoms with Crippen LogP contribution in [0.25, 0.3) is 0 Å². The monoisotopic (exact) mass is 243 g/mol. The van der Waals surface area contributed by atoms with Gasteiger partial charge in [-0.1, -0.05) is 12.1 Å². The molecule has 88 valence electrons. The molecule has 0 saturated carbocycles. The Bertz CT molecular complexity index is 386. The number of hydrogen-bond donors (Lipinski definition) is 2. The Hall–Kier alpha value is -1.07. The Morgan fingerprint density at radius 3 is 2.81 bits per heavy atom. The summed E-state index contributed by atoms with van der Waals surface area (Å²) in [5.41, 5.74) is 5.80. The van der Waals surface area contributed by atoms with Gasteiger partial charge in [-0.2, -0.15) is 0 Å². The molecule has 0 aliphatic rings. The topological polar surface area (TPSA) is 63.3 Å². The van der Waals surface area contributed by atoms with E-state index in [-0.39, 0.29) is 0 Å². The zero-order valence-corrected chi connectivity index (χ0v) is 9.76. The van der Waals surface area contributed by atoms with Crippen molar-refractivity contribution in [2.45, 2.75) is 11.7 Å². The van der Waals surface area contributed by atoms with Gasteiger partial charge in [0.25, 0.3) is 0 Å². The average Bonchev–Trinajstić information content (AvgIpc) is 2.25. The second-order valence-electron chi connectivity index (χ2n) is 3.49. The quantitative estimate of drug-likeness (QED) is 0.828. The summed E-state index contributed by atoms with van der Waals surface area (Å²) in [6.07, 6.45) is 0.